The molecule has 0 spiro atoms. The van der Waals surface area contributed by atoms with E-state index in [1.54, 1.807) is 38.3 Å². The van der Waals surface area contributed by atoms with E-state index >= 15 is 0 Å². The molecule has 0 saturated carbocycles. The number of carbonyl (C=O) groups excluding carboxylic acids is 1. The smallest absolute Gasteiger partial charge is 0.253 e. The summed E-state index contributed by atoms with van der Waals surface area (Å²) in [6.07, 6.45) is 1.01. The Morgan fingerprint density at radius 1 is 1.47 bits per heavy atom. The minimum atomic E-state index is -0.570. The van der Waals surface area contributed by atoms with Gasteiger partial charge in [-0.1, -0.05) is 0 Å². The highest BCUT2D eigenvalue weighted by molar-refractivity contribution is 5.95. The maximum Gasteiger partial charge on any atom is 0.253 e. The molecule has 5 nitrogen and oxygen atoms in total. The van der Waals surface area contributed by atoms with Gasteiger partial charge in [0.2, 0.25) is 0 Å². The van der Waals surface area contributed by atoms with Crippen LogP contribution in [0.25, 0.3) is 11.5 Å². The van der Waals surface area contributed by atoms with Gasteiger partial charge < -0.3 is 14.8 Å². The molecule has 0 aliphatic rings. The highest BCUT2D eigenvalue weighted by atomic mass is 16.3. The fraction of sp³-hybridized carbons (Fsp3) is 0.286. The van der Waals surface area contributed by atoms with Gasteiger partial charge in [0.25, 0.3) is 5.91 Å². The lowest BCUT2D eigenvalue weighted by Gasteiger charge is -2.09. The molecule has 100 valence electrons. The number of amides is 1. The summed E-state index contributed by atoms with van der Waals surface area (Å²) in [7, 11) is 0. The summed E-state index contributed by atoms with van der Waals surface area (Å²) in [6.45, 7) is 3.60. The average Bonchev–Trinajstić information content (AvgIpc) is 2.89. The predicted molar refractivity (Wildman–Crippen MR) is 70.7 cm³/mol. The normalized spacial score (nSPS) is 12.2. The first-order chi connectivity index (χ1) is 9.08. The first-order valence-electron chi connectivity index (χ1n) is 6.05. The van der Waals surface area contributed by atoms with Gasteiger partial charge >= 0.3 is 0 Å². The largest absolute Gasteiger partial charge is 0.463 e. The molecule has 2 aromatic heterocycles. The molecule has 2 rings (SSSR count). The molecular weight excluding hydrogens is 244 g/mol. The molecule has 1 amide bonds. The van der Waals surface area contributed by atoms with Gasteiger partial charge in [0.15, 0.2) is 5.76 Å². The zero-order valence-corrected chi connectivity index (χ0v) is 10.9. The molecule has 0 aliphatic carbocycles. The van der Waals surface area contributed by atoms with Crippen LogP contribution in [0.3, 0.4) is 0 Å². The highest BCUT2D eigenvalue weighted by Gasteiger charge is 2.12. The van der Waals surface area contributed by atoms with Gasteiger partial charge in [0.05, 0.1) is 23.6 Å². The Morgan fingerprint density at radius 3 is 2.84 bits per heavy atom. The highest BCUT2D eigenvalue weighted by Crippen LogP contribution is 2.19. The molecule has 1 atom stereocenters. The van der Waals surface area contributed by atoms with Gasteiger partial charge in [-0.2, -0.15) is 0 Å². The van der Waals surface area contributed by atoms with Crippen LogP contribution in [-0.4, -0.2) is 28.6 Å². The number of rotatable bonds is 4. The summed E-state index contributed by atoms with van der Waals surface area (Å²) in [4.78, 5) is 16.2. The van der Waals surface area contributed by atoms with Crippen LogP contribution in [0.1, 0.15) is 23.0 Å². The second-order valence-corrected chi connectivity index (χ2v) is 4.37. The van der Waals surface area contributed by atoms with Crippen molar-refractivity contribution in [1.82, 2.24) is 10.3 Å². The van der Waals surface area contributed by atoms with Gasteiger partial charge in [-0.15, -0.1) is 0 Å². The quantitative estimate of drug-likeness (QED) is 0.878. The maximum absolute atomic E-state index is 11.9. The fourth-order valence-corrected chi connectivity index (χ4v) is 1.70. The van der Waals surface area contributed by atoms with Crippen LogP contribution in [0, 0.1) is 6.92 Å². The summed E-state index contributed by atoms with van der Waals surface area (Å²) in [5.41, 5.74) is 1.81. The molecule has 5 heteroatoms. The molecule has 0 fully saturated rings. The number of carbonyl (C=O) groups is 1. The molecule has 2 heterocycles. The Labute approximate surface area is 111 Å². The lowest BCUT2D eigenvalue weighted by atomic mass is 10.1. The first kappa shape index (κ1) is 13.3. The van der Waals surface area contributed by atoms with Crippen molar-refractivity contribution in [2.75, 3.05) is 6.54 Å². The molecule has 1 unspecified atom stereocenters. The molecule has 2 N–H and O–H groups in total. The number of hydrogen-bond acceptors (Lipinski definition) is 4. The van der Waals surface area contributed by atoms with Crippen molar-refractivity contribution in [2.24, 2.45) is 0 Å². The lowest BCUT2D eigenvalue weighted by molar-refractivity contribution is 0.0923. The minimum Gasteiger partial charge on any atom is -0.463 e. The van der Waals surface area contributed by atoms with E-state index in [0.717, 1.165) is 0 Å². The monoisotopic (exact) mass is 260 g/mol. The van der Waals surface area contributed by atoms with Gasteiger partial charge in [0.1, 0.15) is 5.69 Å². The first-order valence-corrected chi connectivity index (χ1v) is 6.05. The Kier molecular flexibility index (Phi) is 3.97. The van der Waals surface area contributed by atoms with E-state index in [0.29, 0.717) is 22.7 Å². The van der Waals surface area contributed by atoms with Crippen LogP contribution in [0.2, 0.25) is 0 Å². The van der Waals surface area contributed by atoms with E-state index in [9.17, 15) is 4.79 Å². The molecule has 19 heavy (non-hydrogen) atoms. The third-order valence-electron chi connectivity index (χ3n) is 2.66. The Balaban J connectivity index is 2.18. The molecule has 2 aromatic rings. The van der Waals surface area contributed by atoms with E-state index in [1.165, 1.54) is 0 Å². The fourth-order valence-electron chi connectivity index (χ4n) is 1.70. The van der Waals surface area contributed by atoms with Crippen LogP contribution in [0.5, 0.6) is 0 Å². The van der Waals surface area contributed by atoms with Crippen LogP contribution >= 0.6 is 0 Å². The van der Waals surface area contributed by atoms with E-state index in [4.69, 9.17) is 9.52 Å². The number of aliphatic hydroxyl groups excluding tert-OH is 1. The zero-order chi connectivity index (χ0) is 13.8. The Bertz CT molecular complexity index is 562. The predicted octanol–water partition coefficient (Wildman–Crippen LogP) is 1.76. The van der Waals surface area contributed by atoms with Gasteiger partial charge in [-0.25, -0.2) is 4.98 Å². The summed E-state index contributed by atoms with van der Waals surface area (Å²) in [5, 5.41) is 11.8. The number of aryl methyl sites for hydroxylation is 1. The number of pyridine rings is 1. The average molecular weight is 260 g/mol. The maximum atomic E-state index is 11.9. The Morgan fingerprint density at radius 2 is 2.26 bits per heavy atom. The van der Waals surface area contributed by atoms with Crippen LogP contribution in [0.4, 0.5) is 0 Å². The molecule has 0 bridgehead atoms. The Hall–Kier alpha value is -2.14. The van der Waals surface area contributed by atoms with E-state index in [2.05, 4.69) is 10.3 Å². The van der Waals surface area contributed by atoms with Crippen LogP contribution in [-0.2, 0) is 0 Å². The van der Waals surface area contributed by atoms with Gasteiger partial charge in [-0.05, 0) is 38.1 Å². The van der Waals surface area contributed by atoms with Crippen molar-refractivity contribution < 1.29 is 14.3 Å². The summed E-state index contributed by atoms with van der Waals surface area (Å²) in [6, 6.07) is 7.05. The van der Waals surface area contributed by atoms with Crippen molar-refractivity contribution in [2.45, 2.75) is 20.0 Å². The standard InChI is InChI=1S/C14H16N2O3/c1-9(17)8-15-14(18)11-5-6-12(16-10(11)2)13-4-3-7-19-13/h3-7,9,17H,8H2,1-2H3,(H,15,18). The van der Waals surface area contributed by atoms with Crippen molar-refractivity contribution in [3.05, 3.63) is 41.8 Å². The number of nitrogens with zero attached hydrogens (tertiary/aromatic N) is 1. The molecule has 0 saturated heterocycles. The summed E-state index contributed by atoms with van der Waals surface area (Å²) >= 11 is 0. The number of nitrogens with one attached hydrogen (secondary N) is 1. The third-order valence-corrected chi connectivity index (χ3v) is 2.66. The number of hydrogen-bond donors (Lipinski definition) is 2. The third kappa shape index (κ3) is 3.20. The van der Waals surface area contributed by atoms with E-state index in [1.807, 2.05) is 6.07 Å². The van der Waals surface area contributed by atoms with Crippen molar-refractivity contribution >= 4 is 5.91 Å². The van der Waals surface area contributed by atoms with Crippen molar-refractivity contribution in [3.63, 3.8) is 0 Å². The van der Waals surface area contributed by atoms with Crippen LogP contribution in [0.15, 0.2) is 34.9 Å². The second-order valence-electron chi connectivity index (χ2n) is 4.37. The topological polar surface area (TPSA) is 75.4 Å². The summed E-state index contributed by atoms with van der Waals surface area (Å²) in [5.74, 6) is 0.427. The van der Waals surface area contributed by atoms with Crippen LogP contribution < -0.4 is 5.32 Å². The molecule has 0 aliphatic heterocycles. The molecule has 0 radical (unpaired) electrons. The van der Waals surface area contributed by atoms with Crippen molar-refractivity contribution in [3.8, 4) is 11.5 Å². The van der Waals surface area contributed by atoms with E-state index in [-0.39, 0.29) is 12.5 Å². The van der Waals surface area contributed by atoms with Gasteiger partial charge in [0, 0.05) is 6.54 Å². The van der Waals surface area contributed by atoms with E-state index < -0.39 is 6.10 Å². The molecular formula is C14H16N2O3. The van der Waals surface area contributed by atoms with Crippen molar-refractivity contribution in [1.29, 1.82) is 0 Å². The molecule has 0 aromatic carbocycles. The summed E-state index contributed by atoms with van der Waals surface area (Å²) < 4.78 is 5.26. The number of aromatic nitrogens is 1. The zero-order valence-electron chi connectivity index (χ0n) is 10.9. The van der Waals surface area contributed by atoms with Gasteiger partial charge in [-0.3, -0.25) is 4.79 Å². The number of aliphatic hydroxyl groups is 1. The SMILES string of the molecule is Cc1nc(-c2ccco2)ccc1C(=O)NCC(C)O. The number of furan rings is 1. The minimum absolute atomic E-state index is 0.220. The second kappa shape index (κ2) is 5.67. The lowest BCUT2D eigenvalue weighted by Crippen LogP contribution is -2.31.